The third-order valence-electron chi connectivity index (χ3n) is 3.84. The van der Waals surface area contributed by atoms with Crippen LogP contribution < -0.4 is 15.5 Å². The van der Waals surface area contributed by atoms with E-state index in [1.807, 2.05) is 19.1 Å². The van der Waals surface area contributed by atoms with Crippen LogP contribution in [0.3, 0.4) is 0 Å². The maximum atomic E-state index is 12.1. The fourth-order valence-electron chi connectivity index (χ4n) is 2.70. The number of nitrogens with zero attached hydrogens (tertiary/aromatic N) is 6. The fraction of sp³-hybridized carbons (Fsp3) is 0.357. The maximum absolute atomic E-state index is 12.1. The molecule has 0 unspecified atom stereocenters. The maximum Gasteiger partial charge on any atom is 0.321 e. The SMILES string of the molecule is Cc1cnc(NC(=O)N[C@@H]2CCN(c3ccc4nncn4n3)C2)s1. The Hall–Kier alpha value is -2.75. The zero-order valence-corrected chi connectivity index (χ0v) is 13.8. The van der Waals surface area contributed by atoms with Crippen LogP contribution in [-0.2, 0) is 0 Å². The molecule has 24 heavy (non-hydrogen) atoms. The zero-order chi connectivity index (χ0) is 16.5. The van der Waals surface area contributed by atoms with E-state index in [4.69, 9.17) is 0 Å². The first-order chi connectivity index (χ1) is 11.7. The van der Waals surface area contributed by atoms with Gasteiger partial charge in [0, 0.05) is 30.2 Å². The molecule has 0 spiro atoms. The molecule has 124 valence electrons. The second-order valence-electron chi connectivity index (χ2n) is 5.63. The predicted octanol–water partition coefficient (Wildman–Crippen LogP) is 1.29. The summed E-state index contributed by atoms with van der Waals surface area (Å²) in [6.07, 6.45) is 4.19. The summed E-state index contributed by atoms with van der Waals surface area (Å²) in [7, 11) is 0. The standard InChI is InChI=1S/C14H16N8OS/c1-9-6-15-14(24-9)18-13(23)17-10-4-5-21(7-10)12-3-2-11-19-16-8-22(11)20-12/h2-3,6,8,10H,4-5,7H2,1H3,(H2,15,17,18,23)/t10-/m1/s1. The Labute approximate surface area is 141 Å². The molecule has 9 nitrogen and oxygen atoms in total. The topological polar surface area (TPSA) is 100 Å². The van der Waals surface area contributed by atoms with Crippen molar-refractivity contribution in [2.24, 2.45) is 0 Å². The highest BCUT2D eigenvalue weighted by Crippen LogP contribution is 2.19. The van der Waals surface area contributed by atoms with Gasteiger partial charge >= 0.3 is 6.03 Å². The molecule has 3 aromatic heterocycles. The molecule has 0 aliphatic carbocycles. The lowest BCUT2D eigenvalue weighted by Gasteiger charge is -2.17. The van der Waals surface area contributed by atoms with Gasteiger partial charge < -0.3 is 10.2 Å². The number of carbonyl (C=O) groups excluding carboxylic acids is 1. The fourth-order valence-corrected chi connectivity index (χ4v) is 3.36. The van der Waals surface area contributed by atoms with Crippen LogP contribution in [0.5, 0.6) is 0 Å². The minimum Gasteiger partial charge on any atom is -0.353 e. The monoisotopic (exact) mass is 344 g/mol. The van der Waals surface area contributed by atoms with E-state index in [1.54, 1.807) is 17.0 Å². The van der Waals surface area contributed by atoms with E-state index in [0.717, 1.165) is 23.7 Å². The van der Waals surface area contributed by atoms with Gasteiger partial charge in [-0.2, -0.15) is 4.52 Å². The number of urea groups is 1. The van der Waals surface area contributed by atoms with Crippen LogP contribution in [0.25, 0.3) is 5.65 Å². The quantitative estimate of drug-likeness (QED) is 0.742. The molecule has 1 aliphatic heterocycles. The number of rotatable bonds is 3. The summed E-state index contributed by atoms with van der Waals surface area (Å²) in [5.74, 6) is 0.850. The summed E-state index contributed by atoms with van der Waals surface area (Å²) >= 11 is 1.46. The van der Waals surface area contributed by atoms with Crippen molar-refractivity contribution in [3.63, 3.8) is 0 Å². The molecule has 2 N–H and O–H groups in total. The zero-order valence-electron chi connectivity index (χ0n) is 13.0. The Morgan fingerprint density at radius 2 is 2.33 bits per heavy atom. The van der Waals surface area contributed by atoms with Crippen molar-refractivity contribution in [1.82, 2.24) is 30.1 Å². The lowest BCUT2D eigenvalue weighted by molar-refractivity contribution is 0.249. The van der Waals surface area contributed by atoms with Crippen LogP contribution in [-0.4, -0.2) is 50.0 Å². The molecule has 1 atom stereocenters. The van der Waals surface area contributed by atoms with Crippen molar-refractivity contribution in [3.05, 3.63) is 29.5 Å². The highest BCUT2D eigenvalue weighted by Gasteiger charge is 2.25. The molecule has 0 radical (unpaired) electrons. The molecule has 3 aromatic rings. The van der Waals surface area contributed by atoms with E-state index < -0.39 is 0 Å². The van der Waals surface area contributed by atoms with Gasteiger partial charge in [0.25, 0.3) is 0 Å². The molecule has 1 aliphatic rings. The summed E-state index contributed by atoms with van der Waals surface area (Å²) < 4.78 is 1.65. The molecule has 0 aromatic carbocycles. The van der Waals surface area contributed by atoms with E-state index in [1.165, 1.54) is 11.3 Å². The Morgan fingerprint density at radius 3 is 3.17 bits per heavy atom. The number of nitrogens with one attached hydrogen (secondary N) is 2. The van der Waals surface area contributed by atoms with Crippen LogP contribution in [0.15, 0.2) is 24.7 Å². The number of aryl methyl sites for hydroxylation is 1. The van der Waals surface area contributed by atoms with Gasteiger partial charge in [0.1, 0.15) is 12.1 Å². The smallest absolute Gasteiger partial charge is 0.321 e. The summed E-state index contributed by atoms with van der Waals surface area (Å²) in [5, 5.41) is 18.6. The number of anilines is 2. The predicted molar refractivity (Wildman–Crippen MR) is 90.4 cm³/mol. The minimum absolute atomic E-state index is 0.0736. The van der Waals surface area contributed by atoms with Crippen LogP contribution in [0.2, 0.25) is 0 Å². The average molecular weight is 344 g/mol. The largest absolute Gasteiger partial charge is 0.353 e. The number of hydrogen-bond donors (Lipinski definition) is 2. The normalized spacial score (nSPS) is 17.4. The van der Waals surface area contributed by atoms with Crippen molar-refractivity contribution in [2.75, 3.05) is 23.3 Å². The van der Waals surface area contributed by atoms with Crippen molar-refractivity contribution in [2.45, 2.75) is 19.4 Å². The Morgan fingerprint density at radius 1 is 1.42 bits per heavy atom. The van der Waals surface area contributed by atoms with Gasteiger partial charge in [-0.05, 0) is 25.5 Å². The van der Waals surface area contributed by atoms with Crippen molar-refractivity contribution >= 4 is 34.0 Å². The number of thiazole rings is 1. The van der Waals surface area contributed by atoms with Crippen LogP contribution in [0.1, 0.15) is 11.3 Å². The van der Waals surface area contributed by atoms with Crippen molar-refractivity contribution in [1.29, 1.82) is 0 Å². The third-order valence-corrected chi connectivity index (χ3v) is 4.67. The van der Waals surface area contributed by atoms with Gasteiger partial charge in [0.2, 0.25) is 0 Å². The van der Waals surface area contributed by atoms with Gasteiger partial charge in [-0.25, -0.2) is 9.78 Å². The lowest BCUT2D eigenvalue weighted by atomic mass is 10.3. The van der Waals surface area contributed by atoms with Crippen LogP contribution in [0, 0.1) is 6.92 Å². The molecule has 1 fully saturated rings. The van der Waals surface area contributed by atoms with E-state index in [9.17, 15) is 4.79 Å². The lowest BCUT2D eigenvalue weighted by Crippen LogP contribution is -2.39. The van der Waals surface area contributed by atoms with Gasteiger partial charge in [-0.1, -0.05) is 0 Å². The summed E-state index contributed by atoms with van der Waals surface area (Å²) in [6, 6.07) is 3.65. The molecule has 0 saturated carbocycles. The molecule has 2 amide bonds. The first-order valence-electron chi connectivity index (χ1n) is 7.59. The molecule has 10 heteroatoms. The van der Waals surface area contributed by atoms with Gasteiger partial charge in [-0.15, -0.1) is 26.6 Å². The van der Waals surface area contributed by atoms with Crippen LogP contribution >= 0.6 is 11.3 Å². The van der Waals surface area contributed by atoms with Crippen LogP contribution in [0.4, 0.5) is 15.7 Å². The third kappa shape index (κ3) is 3.00. The molecular weight excluding hydrogens is 328 g/mol. The van der Waals surface area contributed by atoms with E-state index in [-0.39, 0.29) is 12.1 Å². The van der Waals surface area contributed by atoms with Crippen molar-refractivity contribution < 1.29 is 4.79 Å². The number of hydrogen-bond acceptors (Lipinski definition) is 7. The molecular formula is C14H16N8OS. The van der Waals surface area contributed by atoms with E-state index in [2.05, 4.69) is 35.8 Å². The second kappa shape index (κ2) is 6.04. The Balaban J connectivity index is 1.36. The molecule has 1 saturated heterocycles. The first kappa shape index (κ1) is 14.8. The van der Waals surface area contributed by atoms with Gasteiger partial charge in [0.15, 0.2) is 10.8 Å². The highest BCUT2D eigenvalue weighted by atomic mass is 32.1. The number of amides is 2. The minimum atomic E-state index is -0.224. The highest BCUT2D eigenvalue weighted by molar-refractivity contribution is 7.15. The number of carbonyl (C=O) groups is 1. The Kier molecular flexibility index (Phi) is 3.73. The van der Waals surface area contributed by atoms with Crippen molar-refractivity contribution in [3.8, 4) is 0 Å². The second-order valence-corrected chi connectivity index (χ2v) is 6.87. The summed E-state index contributed by atoms with van der Waals surface area (Å²) in [5.41, 5.74) is 0.714. The number of aromatic nitrogens is 5. The first-order valence-corrected chi connectivity index (χ1v) is 8.41. The average Bonchev–Trinajstić information content (AvgIpc) is 3.27. The van der Waals surface area contributed by atoms with Gasteiger partial charge in [0.05, 0.1) is 0 Å². The summed E-state index contributed by atoms with van der Waals surface area (Å²) in [6.45, 7) is 3.50. The van der Waals surface area contributed by atoms with E-state index >= 15 is 0 Å². The number of fused-ring (bicyclic) bond motifs is 1. The molecule has 4 rings (SSSR count). The van der Waals surface area contributed by atoms with Gasteiger partial charge in [-0.3, -0.25) is 5.32 Å². The summed E-state index contributed by atoms with van der Waals surface area (Å²) in [4.78, 5) is 19.4. The molecule has 0 bridgehead atoms. The Bertz CT molecular complexity index is 874. The molecule has 4 heterocycles. The van der Waals surface area contributed by atoms with E-state index in [0.29, 0.717) is 17.3 Å².